The zero-order valence-corrected chi connectivity index (χ0v) is 31.5. The van der Waals surface area contributed by atoms with Crippen molar-refractivity contribution >= 4 is 60.4 Å². The average molecular weight is 821 g/mol. The summed E-state index contributed by atoms with van der Waals surface area (Å²) in [5.41, 5.74) is -0.0323. The number of halogens is 3. The molecule has 4 heterocycles. The van der Waals surface area contributed by atoms with Gasteiger partial charge < -0.3 is 20.4 Å². The Bertz CT molecular complexity index is 2430. The first-order valence-corrected chi connectivity index (χ1v) is 19.0. The third-order valence-corrected chi connectivity index (χ3v) is 10.5. The Morgan fingerprint density at radius 2 is 1.71 bits per heavy atom. The van der Waals surface area contributed by atoms with Gasteiger partial charge in [0, 0.05) is 30.6 Å². The van der Waals surface area contributed by atoms with E-state index in [1.54, 1.807) is 55.6 Å². The van der Waals surface area contributed by atoms with Crippen LogP contribution in [0.1, 0.15) is 47.3 Å². The summed E-state index contributed by atoms with van der Waals surface area (Å²) in [5, 5.41) is 13.6. The Balaban J connectivity index is 1.23. The van der Waals surface area contributed by atoms with E-state index in [1.807, 2.05) is 6.07 Å². The van der Waals surface area contributed by atoms with Gasteiger partial charge in [0.2, 0.25) is 17.7 Å². The molecule has 0 spiro atoms. The molecule has 3 aromatic heterocycles. The van der Waals surface area contributed by atoms with E-state index in [1.165, 1.54) is 29.1 Å². The molecule has 5 aromatic rings. The lowest BCUT2D eigenvalue weighted by Gasteiger charge is -2.27. The summed E-state index contributed by atoms with van der Waals surface area (Å²) in [5.74, 6) is -3.29. The van der Waals surface area contributed by atoms with Crippen molar-refractivity contribution in [3.63, 3.8) is 0 Å². The van der Waals surface area contributed by atoms with E-state index in [0.717, 1.165) is 16.7 Å². The summed E-state index contributed by atoms with van der Waals surface area (Å²) in [7, 11) is -5.10. The van der Waals surface area contributed by atoms with E-state index < -0.39 is 55.1 Å². The number of nitriles is 1. The number of phosphoric ester groups is 1. The lowest BCUT2D eigenvalue weighted by molar-refractivity contribution is -0.125. The van der Waals surface area contributed by atoms with Crippen molar-refractivity contribution in [2.45, 2.75) is 43.3 Å². The van der Waals surface area contributed by atoms with Crippen molar-refractivity contribution in [1.82, 2.24) is 35.1 Å². The molecule has 16 nitrogen and oxygen atoms in total. The molecule has 1 fully saturated rings. The number of hydrogen-bond acceptors (Lipinski definition) is 10. The maximum atomic E-state index is 14.6. The number of phosphoric acid groups is 1. The molecule has 0 saturated heterocycles. The number of carbonyl (C=O) groups is 3. The van der Waals surface area contributed by atoms with Gasteiger partial charge in [-0.05, 0) is 55.2 Å². The number of nitrogens with one attached hydrogen (secondary N) is 2. The second-order valence-electron chi connectivity index (χ2n) is 13.3. The summed E-state index contributed by atoms with van der Waals surface area (Å²) in [4.78, 5) is 79.2. The Kier molecular flexibility index (Phi) is 10.2. The smallest absolute Gasteiger partial charge is 0.343 e. The number of carbonyl (C=O) groups excluding carboxylic acids is 3. The fourth-order valence-electron chi connectivity index (χ4n) is 6.51. The number of fused-ring (bicyclic) bond motifs is 1. The largest absolute Gasteiger partial charge is 0.469 e. The number of rotatable bonds is 12. The average Bonchev–Trinajstić information content (AvgIpc) is 3.77. The molecule has 0 radical (unpaired) electrons. The van der Waals surface area contributed by atoms with Crippen molar-refractivity contribution in [3.8, 4) is 17.2 Å². The Labute approximate surface area is 327 Å². The number of nitrogens with zero attached hydrogens (tertiary/aromatic N) is 7. The van der Waals surface area contributed by atoms with E-state index in [0.29, 0.717) is 29.7 Å². The predicted molar refractivity (Wildman–Crippen MR) is 198 cm³/mol. The fourth-order valence-corrected chi connectivity index (χ4v) is 7.32. The van der Waals surface area contributed by atoms with E-state index in [9.17, 15) is 33.1 Å². The van der Waals surface area contributed by atoms with Crippen molar-refractivity contribution in [2.75, 3.05) is 11.5 Å². The molecule has 286 valence electrons. The summed E-state index contributed by atoms with van der Waals surface area (Å²) in [6.07, 6.45) is 6.78. The second kappa shape index (κ2) is 14.8. The number of aromatic nitrogens is 5. The molecule has 20 heteroatoms. The normalized spacial score (nSPS) is 17.5. The van der Waals surface area contributed by atoms with Crippen LogP contribution in [-0.2, 0) is 36.2 Å². The van der Waals surface area contributed by atoms with Crippen molar-refractivity contribution in [3.05, 3.63) is 118 Å². The second-order valence-corrected chi connectivity index (χ2v) is 15.3. The van der Waals surface area contributed by atoms with Gasteiger partial charge in [-0.25, -0.2) is 28.8 Å². The summed E-state index contributed by atoms with van der Waals surface area (Å²) >= 11 is 12.3. The number of amides is 3. The van der Waals surface area contributed by atoms with Crippen LogP contribution in [-0.4, -0.2) is 64.7 Å². The third kappa shape index (κ3) is 7.50. The highest BCUT2D eigenvalue weighted by atomic mass is 35.5. The lowest BCUT2D eigenvalue weighted by atomic mass is 9.90. The minimum absolute atomic E-state index is 0.0138. The van der Waals surface area contributed by atoms with E-state index in [-0.39, 0.29) is 39.6 Å². The minimum Gasteiger partial charge on any atom is -0.343 e. The van der Waals surface area contributed by atoms with Crippen LogP contribution in [0.5, 0.6) is 0 Å². The predicted octanol–water partition coefficient (Wildman–Crippen LogP) is 4.70. The van der Waals surface area contributed by atoms with Crippen LogP contribution in [0.25, 0.3) is 11.1 Å². The summed E-state index contributed by atoms with van der Waals surface area (Å²) in [6.45, 7) is 0.657. The van der Waals surface area contributed by atoms with Crippen LogP contribution in [0.3, 0.4) is 0 Å². The molecule has 4 N–H and O–H groups in total. The van der Waals surface area contributed by atoms with E-state index in [2.05, 4.69) is 35.1 Å². The maximum absolute atomic E-state index is 14.6. The first-order valence-electron chi connectivity index (χ1n) is 16.8. The SMILES string of the molecule is C[C@@]1(Cc2ccc(-c3cnc(C#N)nc3)cc2)C(=O)N(c2cc(Cl)c(F)c(Cl)c2)c2ncc(C(=O)N[C@H](COP(=O)(O)O)C(=O)NC3(c4ccccn4)CC3)n21. The molecule has 7 rings (SSSR count). The van der Waals surface area contributed by atoms with E-state index in [4.69, 9.17) is 28.5 Å². The van der Waals surface area contributed by atoms with Gasteiger partial charge in [0.1, 0.15) is 23.3 Å². The van der Waals surface area contributed by atoms with Crippen LogP contribution < -0.4 is 15.5 Å². The zero-order chi connectivity index (χ0) is 40.0. The maximum Gasteiger partial charge on any atom is 0.469 e. The Morgan fingerprint density at radius 1 is 1.04 bits per heavy atom. The number of benzene rings is 2. The van der Waals surface area contributed by atoms with Crippen LogP contribution in [0.4, 0.5) is 16.0 Å². The molecular formula is C36H29Cl2FN9O7P. The van der Waals surface area contributed by atoms with Gasteiger partial charge in [-0.1, -0.05) is 53.5 Å². The lowest BCUT2D eigenvalue weighted by Crippen LogP contribution is -2.52. The number of pyridine rings is 1. The molecule has 2 aromatic carbocycles. The standard InChI is InChI=1S/C36H29Cl2FN9O7P/c1-35(14-20-5-7-21(8-6-20)22-16-42-29(15-40)43-17-22)33(51)47(23-12-24(37)30(39)25(38)13-23)34-44-18-27(48(34)35)32(50)45-26(19-55-56(52,53)54)31(49)46-36(9-10-36)28-4-2-3-11-41-28/h2-8,11-13,16-18,26H,9-10,14,19H2,1H3,(H,45,50)(H,46,49)(H2,52,53,54)/t26-,35-/m1/s1. The summed E-state index contributed by atoms with van der Waals surface area (Å²) < 4.78 is 32.2. The molecule has 3 amide bonds. The zero-order valence-electron chi connectivity index (χ0n) is 29.1. The van der Waals surface area contributed by atoms with Crippen molar-refractivity contribution < 1.29 is 37.6 Å². The molecular weight excluding hydrogens is 791 g/mol. The molecule has 0 unspecified atom stereocenters. The first kappa shape index (κ1) is 38.7. The fraction of sp³-hybridized carbons (Fsp3) is 0.222. The molecule has 1 aliphatic carbocycles. The van der Waals surface area contributed by atoms with Crippen molar-refractivity contribution in [1.29, 1.82) is 5.26 Å². The number of imidazole rings is 1. The molecule has 56 heavy (non-hydrogen) atoms. The van der Waals surface area contributed by atoms with Crippen LogP contribution in [0, 0.1) is 17.1 Å². The van der Waals surface area contributed by atoms with Crippen LogP contribution in [0.15, 0.2) is 79.4 Å². The minimum atomic E-state index is -5.10. The summed E-state index contributed by atoms with van der Waals surface area (Å²) in [6, 6.07) is 14.8. The van der Waals surface area contributed by atoms with Gasteiger partial charge in [-0.15, -0.1) is 0 Å². The van der Waals surface area contributed by atoms with Gasteiger partial charge >= 0.3 is 7.82 Å². The highest BCUT2D eigenvalue weighted by Crippen LogP contribution is 2.46. The Morgan fingerprint density at radius 3 is 2.30 bits per heavy atom. The van der Waals surface area contributed by atoms with Crippen LogP contribution in [0.2, 0.25) is 10.0 Å². The van der Waals surface area contributed by atoms with Crippen molar-refractivity contribution in [2.24, 2.45) is 0 Å². The van der Waals surface area contributed by atoms with Crippen LogP contribution >= 0.6 is 31.0 Å². The number of hydrogen-bond donors (Lipinski definition) is 4. The molecule has 1 aliphatic heterocycles. The molecule has 1 saturated carbocycles. The third-order valence-electron chi connectivity index (χ3n) is 9.45. The first-order chi connectivity index (χ1) is 26.6. The van der Waals surface area contributed by atoms with E-state index >= 15 is 0 Å². The molecule has 0 bridgehead atoms. The van der Waals surface area contributed by atoms with Gasteiger partial charge in [0.05, 0.1) is 39.8 Å². The van der Waals surface area contributed by atoms with Gasteiger partial charge in [0.25, 0.3) is 11.8 Å². The Hall–Kier alpha value is -5.60. The molecule has 2 aliphatic rings. The van der Waals surface area contributed by atoms with Gasteiger partial charge in [0.15, 0.2) is 5.82 Å². The highest BCUT2D eigenvalue weighted by molar-refractivity contribution is 7.46. The monoisotopic (exact) mass is 819 g/mol. The van der Waals surface area contributed by atoms with Gasteiger partial charge in [-0.3, -0.25) is 28.5 Å². The highest BCUT2D eigenvalue weighted by Gasteiger charge is 2.52. The number of anilines is 2. The van der Waals surface area contributed by atoms with Gasteiger partial charge in [-0.2, -0.15) is 5.26 Å². The molecule has 2 atom stereocenters. The quantitative estimate of drug-likeness (QED) is 0.0993. The topological polar surface area (TPSA) is 226 Å².